The van der Waals surface area contributed by atoms with Gasteiger partial charge in [-0.15, -0.1) is 6.42 Å². The van der Waals surface area contributed by atoms with Crippen LogP contribution in [0.3, 0.4) is 0 Å². The quantitative estimate of drug-likeness (QED) is 0.258. The number of fused-ring (bicyclic) bond motifs is 8. The molecule has 0 unspecified atom stereocenters. The van der Waals surface area contributed by atoms with Crippen LogP contribution >= 0.6 is 0 Å². The maximum absolute atomic E-state index is 5.86. The van der Waals surface area contributed by atoms with E-state index in [1.165, 1.54) is 85.7 Å². The second-order valence-electron chi connectivity index (χ2n) is 8.46. The molecule has 29 heavy (non-hydrogen) atoms. The number of aryl methyl sites for hydroxylation is 2. The fraction of sp³-hybridized carbons (Fsp3) is 0.143. The highest BCUT2D eigenvalue weighted by molar-refractivity contribution is 6.25. The van der Waals surface area contributed by atoms with Crippen molar-refractivity contribution in [3.63, 3.8) is 0 Å². The van der Waals surface area contributed by atoms with Gasteiger partial charge in [0.05, 0.1) is 16.6 Å². The van der Waals surface area contributed by atoms with E-state index < -0.39 is 0 Å². The SMILES string of the molecule is C#Cc1cc2c3cc4c(cc3n3c5cc6ccccc6cc5c(c1)c23)CCCC4. The highest BCUT2D eigenvalue weighted by Crippen LogP contribution is 2.42. The van der Waals surface area contributed by atoms with Crippen molar-refractivity contribution in [3.8, 4) is 12.3 Å². The Hall–Kier alpha value is -3.50. The number of aromatic nitrogens is 1. The lowest BCUT2D eigenvalue weighted by molar-refractivity contribution is 0.687. The van der Waals surface area contributed by atoms with Crippen molar-refractivity contribution in [2.24, 2.45) is 0 Å². The third-order valence-electron chi connectivity index (χ3n) is 6.89. The molecule has 2 aromatic heterocycles. The molecule has 0 aliphatic heterocycles. The van der Waals surface area contributed by atoms with Crippen molar-refractivity contribution in [2.45, 2.75) is 25.7 Å². The minimum absolute atomic E-state index is 0.963. The molecule has 1 aliphatic rings. The Bertz CT molecular complexity index is 1660. The van der Waals surface area contributed by atoms with Gasteiger partial charge in [0.25, 0.3) is 0 Å². The molecule has 0 spiro atoms. The molecule has 2 heterocycles. The lowest BCUT2D eigenvalue weighted by Gasteiger charge is -2.15. The zero-order valence-electron chi connectivity index (χ0n) is 16.1. The summed E-state index contributed by atoms with van der Waals surface area (Å²) < 4.78 is 2.48. The second-order valence-corrected chi connectivity index (χ2v) is 8.46. The van der Waals surface area contributed by atoms with Gasteiger partial charge in [-0.2, -0.15) is 0 Å². The first kappa shape index (κ1) is 15.4. The zero-order chi connectivity index (χ0) is 19.1. The van der Waals surface area contributed by atoms with Gasteiger partial charge in [0.1, 0.15) is 0 Å². The van der Waals surface area contributed by atoms with Gasteiger partial charge in [-0.1, -0.05) is 30.2 Å². The number of nitrogens with zero attached hydrogens (tertiary/aromatic N) is 1. The fourth-order valence-corrected chi connectivity index (χ4v) is 5.54. The normalized spacial score (nSPS) is 14.3. The van der Waals surface area contributed by atoms with E-state index in [-0.39, 0.29) is 0 Å². The van der Waals surface area contributed by atoms with Crippen molar-refractivity contribution in [2.75, 3.05) is 0 Å². The predicted molar refractivity (Wildman–Crippen MR) is 123 cm³/mol. The standard InChI is InChI=1S/C28H19N/c1-2-17-11-24-22-13-18-7-3-5-9-20(18)15-26(22)29-27-16-21-10-6-4-8-19(21)14-23(27)25(12-17)28(24)29/h1,3,5,7,9,11-16H,4,6,8,10H2. The van der Waals surface area contributed by atoms with E-state index in [0.717, 1.165) is 5.56 Å². The Labute approximate surface area is 168 Å². The summed E-state index contributed by atoms with van der Waals surface area (Å²) in [6.07, 6.45) is 10.8. The molecule has 6 aromatic rings. The van der Waals surface area contributed by atoms with Crippen LogP contribution in [-0.4, -0.2) is 4.40 Å². The molecule has 136 valence electrons. The molecule has 0 N–H and O–H groups in total. The average Bonchev–Trinajstić information content (AvgIpc) is 3.26. The Morgan fingerprint density at radius 2 is 1.31 bits per heavy atom. The van der Waals surface area contributed by atoms with Crippen LogP contribution in [-0.2, 0) is 12.8 Å². The molecule has 0 saturated heterocycles. The van der Waals surface area contributed by atoms with Gasteiger partial charge >= 0.3 is 0 Å². The highest BCUT2D eigenvalue weighted by atomic mass is 14.9. The highest BCUT2D eigenvalue weighted by Gasteiger charge is 2.21. The average molecular weight is 369 g/mol. The lowest BCUT2D eigenvalue weighted by Crippen LogP contribution is -2.02. The van der Waals surface area contributed by atoms with E-state index in [4.69, 9.17) is 6.42 Å². The molecule has 0 bridgehead atoms. The monoisotopic (exact) mass is 369 g/mol. The van der Waals surface area contributed by atoms with Crippen LogP contribution in [0.15, 0.2) is 60.7 Å². The van der Waals surface area contributed by atoms with Crippen LogP contribution in [0, 0.1) is 12.3 Å². The minimum Gasteiger partial charge on any atom is -0.308 e. The predicted octanol–water partition coefficient (Wildman–Crippen LogP) is 6.85. The molecule has 7 rings (SSSR count). The maximum atomic E-state index is 5.86. The van der Waals surface area contributed by atoms with Crippen LogP contribution in [0.2, 0.25) is 0 Å². The van der Waals surface area contributed by atoms with Crippen molar-refractivity contribution in [1.29, 1.82) is 0 Å². The summed E-state index contributed by atoms with van der Waals surface area (Å²) in [7, 11) is 0. The van der Waals surface area contributed by atoms with Gasteiger partial charge in [-0.25, -0.2) is 0 Å². The van der Waals surface area contributed by atoms with Gasteiger partial charge in [-0.05, 0) is 84.0 Å². The van der Waals surface area contributed by atoms with Crippen molar-refractivity contribution in [3.05, 3.63) is 77.4 Å². The van der Waals surface area contributed by atoms with E-state index in [1.54, 1.807) is 0 Å². The van der Waals surface area contributed by atoms with E-state index in [9.17, 15) is 0 Å². The topological polar surface area (TPSA) is 4.41 Å². The minimum atomic E-state index is 0.963. The van der Waals surface area contributed by atoms with Gasteiger partial charge in [0.2, 0.25) is 0 Å². The van der Waals surface area contributed by atoms with Crippen molar-refractivity contribution < 1.29 is 0 Å². The summed E-state index contributed by atoms with van der Waals surface area (Å²) in [4.78, 5) is 0. The van der Waals surface area contributed by atoms with Crippen molar-refractivity contribution in [1.82, 2.24) is 4.40 Å². The molecule has 4 aromatic carbocycles. The van der Waals surface area contributed by atoms with Gasteiger partial charge in [0, 0.05) is 27.1 Å². The van der Waals surface area contributed by atoms with Crippen LogP contribution in [0.4, 0.5) is 0 Å². The number of terminal acetylenes is 1. The first-order valence-electron chi connectivity index (χ1n) is 10.5. The van der Waals surface area contributed by atoms with Crippen molar-refractivity contribution >= 4 is 48.9 Å². The second kappa shape index (κ2) is 5.31. The van der Waals surface area contributed by atoms with Gasteiger partial charge < -0.3 is 4.40 Å². The Morgan fingerprint density at radius 1 is 0.690 bits per heavy atom. The Morgan fingerprint density at radius 3 is 2.03 bits per heavy atom. The molecular weight excluding hydrogens is 350 g/mol. The molecule has 1 heteroatoms. The number of hydrogen-bond acceptors (Lipinski definition) is 0. The number of rotatable bonds is 0. The van der Waals surface area contributed by atoms with Crippen LogP contribution in [0.25, 0.3) is 48.9 Å². The van der Waals surface area contributed by atoms with E-state index in [2.05, 4.69) is 71.0 Å². The summed E-state index contributed by atoms with van der Waals surface area (Å²) in [6.45, 7) is 0. The Kier molecular flexibility index (Phi) is 2.82. The molecule has 1 nitrogen and oxygen atoms in total. The molecule has 0 amide bonds. The summed E-state index contributed by atoms with van der Waals surface area (Å²) in [6, 6.07) is 22.6. The summed E-state index contributed by atoms with van der Waals surface area (Å²) in [5.74, 6) is 2.89. The molecule has 0 saturated carbocycles. The third-order valence-corrected chi connectivity index (χ3v) is 6.89. The van der Waals surface area contributed by atoms with Gasteiger partial charge in [-0.3, -0.25) is 0 Å². The third kappa shape index (κ3) is 1.91. The zero-order valence-corrected chi connectivity index (χ0v) is 16.1. The van der Waals surface area contributed by atoms with E-state index in [1.807, 2.05) is 0 Å². The first-order valence-corrected chi connectivity index (χ1v) is 10.5. The lowest BCUT2D eigenvalue weighted by atomic mass is 9.90. The Balaban J connectivity index is 1.78. The van der Waals surface area contributed by atoms with Crippen LogP contribution < -0.4 is 0 Å². The molecule has 0 fully saturated rings. The summed E-state index contributed by atoms with van der Waals surface area (Å²) in [5.41, 5.74) is 7.93. The molecule has 1 aliphatic carbocycles. The maximum Gasteiger partial charge on any atom is 0.0621 e. The molecule has 0 atom stereocenters. The smallest absolute Gasteiger partial charge is 0.0621 e. The number of benzene rings is 4. The first-order chi connectivity index (χ1) is 14.3. The largest absolute Gasteiger partial charge is 0.308 e. The molecule has 0 radical (unpaired) electrons. The van der Waals surface area contributed by atoms with Gasteiger partial charge in [0.15, 0.2) is 0 Å². The summed E-state index contributed by atoms with van der Waals surface area (Å²) >= 11 is 0. The van der Waals surface area contributed by atoms with Crippen LogP contribution in [0.5, 0.6) is 0 Å². The van der Waals surface area contributed by atoms with Crippen LogP contribution in [0.1, 0.15) is 29.5 Å². The molecular formula is C28H19N. The summed E-state index contributed by atoms with van der Waals surface area (Å²) in [5, 5.41) is 7.75. The van der Waals surface area contributed by atoms with E-state index >= 15 is 0 Å². The van der Waals surface area contributed by atoms with E-state index in [0.29, 0.717) is 0 Å². The fourth-order valence-electron chi connectivity index (χ4n) is 5.54. The number of hydrogen-bond donors (Lipinski definition) is 0.